The first-order valence-corrected chi connectivity index (χ1v) is 25.0. The largest absolute Gasteiger partial charge is 0.471 e. The van der Waals surface area contributed by atoms with Crippen LogP contribution < -0.4 is 10.9 Å². The molecule has 50 heavy (non-hydrogen) atoms. The summed E-state index contributed by atoms with van der Waals surface area (Å²) in [7, 11) is -1.18. The predicted molar refractivity (Wildman–Crippen MR) is 229 cm³/mol. The van der Waals surface area contributed by atoms with Crippen LogP contribution in [0.1, 0.15) is 63.3 Å². The van der Waals surface area contributed by atoms with Crippen molar-refractivity contribution in [2.75, 3.05) is 7.36 Å². The number of aldehydes is 1. The number of carbonyl (C=O) groups is 1. The Morgan fingerprint density at radius 2 is 1.06 bits per heavy atom. The third-order valence-electron chi connectivity index (χ3n) is 4.69. The summed E-state index contributed by atoms with van der Waals surface area (Å²) in [6.07, 6.45) is -8.66. The second-order valence-electron chi connectivity index (χ2n) is 8.99. The Labute approximate surface area is 354 Å². The van der Waals surface area contributed by atoms with E-state index < -0.39 is 35.1 Å². The summed E-state index contributed by atoms with van der Waals surface area (Å²) >= 11 is 10.9. The zero-order valence-corrected chi connectivity index (χ0v) is 36.9. The molecule has 10 nitrogen and oxygen atoms in total. The zero-order valence-electron chi connectivity index (χ0n) is 25.3. The fourth-order valence-corrected chi connectivity index (χ4v) is 2.41. The van der Waals surface area contributed by atoms with Gasteiger partial charge in [0.2, 0.25) is 11.6 Å². The van der Waals surface area contributed by atoms with Gasteiger partial charge in [0.25, 0.3) is 0 Å². The van der Waals surface area contributed by atoms with Gasteiger partial charge in [-0.05, 0) is 31.3 Å². The Morgan fingerprint density at radius 3 is 1.28 bits per heavy atom. The highest BCUT2D eigenvalue weighted by atomic mass is 128. The van der Waals surface area contributed by atoms with Gasteiger partial charge >= 0.3 is 24.1 Å². The molecule has 0 saturated heterocycles. The molecule has 1 atom stereocenters. The van der Waals surface area contributed by atoms with E-state index in [0.717, 1.165) is 5.56 Å². The maximum Gasteiger partial charge on any atom is 0.471 e. The maximum atomic E-state index is 12.2. The van der Waals surface area contributed by atoms with E-state index in [9.17, 15) is 35.3 Å². The van der Waals surface area contributed by atoms with Crippen molar-refractivity contribution in [3.8, 4) is 22.8 Å². The minimum absolute atomic E-state index is 0. The second-order valence-corrected chi connectivity index (χ2v) is 15.3. The molecule has 2 aromatic carbocycles. The molecule has 0 radical (unpaired) electrons. The normalized spacial score (nSPS) is 10.8. The highest BCUT2D eigenvalue weighted by Crippen LogP contribution is 2.30. The lowest BCUT2D eigenvalue weighted by Gasteiger charge is -2.11. The molecule has 22 heteroatoms. The summed E-state index contributed by atoms with van der Waals surface area (Å²) in [5, 5.41) is 11.5. The predicted octanol–water partition coefficient (Wildman–Crippen LogP) is 11.1. The van der Waals surface area contributed by atoms with Gasteiger partial charge in [-0.3, -0.25) is 9.93 Å². The summed E-state index contributed by atoms with van der Waals surface area (Å²) in [5.74, 6) is -3.02. The minimum atomic E-state index is -4.66. The molecule has 4 N–H and O–H groups in total. The Bertz CT molecular complexity index is 1470. The first kappa shape index (κ1) is 56.4. The van der Waals surface area contributed by atoms with E-state index in [1.165, 1.54) is 26.7 Å². The topological polar surface area (TPSA) is 164 Å². The zero-order chi connectivity index (χ0) is 37.7. The molecule has 0 bridgehead atoms. The van der Waals surface area contributed by atoms with Crippen LogP contribution in [-0.2, 0) is 29.9 Å². The quantitative estimate of drug-likeness (QED) is 0.0876. The number of benzene rings is 2. The van der Waals surface area contributed by atoms with Gasteiger partial charge in [-0.15, -0.1) is 0 Å². The van der Waals surface area contributed by atoms with Crippen molar-refractivity contribution in [1.29, 1.82) is 0 Å². The highest BCUT2D eigenvalue weighted by Gasteiger charge is 2.39. The van der Waals surface area contributed by atoms with Gasteiger partial charge < -0.3 is 14.8 Å². The van der Waals surface area contributed by atoms with Crippen molar-refractivity contribution in [3.05, 3.63) is 71.4 Å². The van der Waals surface area contributed by atoms with Gasteiger partial charge in [0.05, 0.1) is 18.2 Å². The molecule has 0 aliphatic carbocycles. The summed E-state index contributed by atoms with van der Waals surface area (Å²) in [6.45, 7) is 5.87. The molecule has 4 aromatic rings. The van der Waals surface area contributed by atoms with Gasteiger partial charge in [0, 0.05) is 60.5 Å². The standard InChI is InChI=1S/C10H8F3N3O.C10H5F3N2O2.C4H11NOS.CH2I2.CH3I.2CH4.I2/c11-10(12,13)9-15-8(16-17-9)7-3-1-6(5-14)2-4-7;11-10(12,13)9-14-8(15-17-9)7-3-1-6(5-16)2-4-7;1-4(2,3)7(5)6;2-1-3;1-2;;;1-2/h1-4H,5,14H2;1-5H;5H2,1-3H3;1H2;1H3;2*1H4;. The van der Waals surface area contributed by atoms with Crippen LogP contribution in [-0.4, -0.2) is 42.9 Å². The Hall–Kier alpha value is -0.310. The van der Waals surface area contributed by atoms with Crippen molar-refractivity contribution >= 4 is 122 Å². The first-order valence-electron chi connectivity index (χ1n) is 12.3. The molecule has 0 fully saturated rings. The van der Waals surface area contributed by atoms with Crippen molar-refractivity contribution in [2.45, 2.75) is 59.3 Å². The van der Waals surface area contributed by atoms with E-state index in [0.29, 0.717) is 29.5 Å². The third-order valence-corrected chi connectivity index (χ3v) is 5.90. The number of carbonyl (C=O) groups excluding carboxylic acids is 1. The van der Waals surface area contributed by atoms with Crippen LogP contribution >= 0.6 is 105 Å². The van der Waals surface area contributed by atoms with Gasteiger partial charge in [-0.25, -0.2) is 4.21 Å². The molecular weight excluding hydrogens is 1260 g/mol. The maximum absolute atomic E-state index is 12.2. The number of alkyl halides is 9. The van der Waals surface area contributed by atoms with Crippen LogP contribution in [0, 0.1) is 0 Å². The number of hydrogen-bond acceptors (Lipinski definition) is 9. The van der Waals surface area contributed by atoms with Crippen molar-refractivity contribution in [1.82, 2.24) is 20.3 Å². The van der Waals surface area contributed by atoms with Gasteiger partial charge in [-0.2, -0.15) is 36.3 Å². The first-order chi connectivity index (χ1) is 22.4. The molecule has 1 unspecified atom stereocenters. The molecule has 2 heterocycles. The third kappa shape index (κ3) is 22.7. The van der Waals surface area contributed by atoms with Gasteiger partial charge in [-0.1, -0.05) is 141 Å². The molecule has 0 amide bonds. The SMILES string of the molecule is C.C.CC(C)(C)S(N)=O.CI.ICI.II.NCc1ccc(-c2noc(C(F)(F)F)n2)cc1.O=Cc1ccc(-c2noc(C(F)(F)F)n2)cc1. The van der Waals surface area contributed by atoms with E-state index >= 15 is 0 Å². The molecule has 0 aliphatic heterocycles. The fourth-order valence-electron chi connectivity index (χ4n) is 2.41. The monoisotopic (exact) mass is 1300 g/mol. The van der Waals surface area contributed by atoms with E-state index in [1.54, 1.807) is 24.3 Å². The molecular formula is C28H37F6I5N6O4S. The molecule has 2 aromatic heterocycles. The van der Waals surface area contributed by atoms with Gasteiger partial charge in [0.1, 0.15) is 6.29 Å². The Kier molecular flexibility index (Phi) is 32.8. The molecule has 0 saturated carbocycles. The Morgan fingerprint density at radius 1 is 0.760 bits per heavy atom. The van der Waals surface area contributed by atoms with E-state index in [4.69, 9.17) is 10.9 Å². The number of halogens is 11. The van der Waals surface area contributed by atoms with E-state index in [-0.39, 0.29) is 31.2 Å². The average Bonchev–Trinajstić information content (AvgIpc) is 3.75. The van der Waals surface area contributed by atoms with Crippen molar-refractivity contribution in [3.63, 3.8) is 0 Å². The highest BCUT2D eigenvalue weighted by molar-refractivity contribution is 15.0. The summed E-state index contributed by atoms with van der Waals surface area (Å²) in [4.78, 5) is 18.9. The lowest BCUT2D eigenvalue weighted by Crippen LogP contribution is -2.27. The molecule has 0 aliphatic rings. The molecule has 0 spiro atoms. The smallest absolute Gasteiger partial charge is 0.329 e. The lowest BCUT2D eigenvalue weighted by molar-refractivity contribution is -0.160. The van der Waals surface area contributed by atoms with E-state index in [1.807, 2.05) is 25.7 Å². The second kappa shape index (κ2) is 29.1. The van der Waals surface area contributed by atoms with Crippen LogP contribution in [0.5, 0.6) is 0 Å². The number of hydrogen-bond donors (Lipinski definition) is 2. The van der Waals surface area contributed by atoms with Crippen LogP contribution in [0.4, 0.5) is 26.3 Å². The summed E-state index contributed by atoms with van der Waals surface area (Å²) in [5.41, 5.74) is 7.47. The van der Waals surface area contributed by atoms with Crippen LogP contribution in [0.2, 0.25) is 0 Å². The average molecular weight is 1300 g/mol. The summed E-state index contributed by atoms with van der Waals surface area (Å²) in [6, 6.07) is 12.3. The lowest BCUT2D eigenvalue weighted by atomic mass is 10.1. The number of nitrogens with zero attached hydrogens (tertiary/aromatic N) is 4. The summed E-state index contributed by atoms with van der Waals surface area (Å²) < 4.78 is 92.8. The fraction of sp³-hybridized carbons (Fsp3) is 0.393. The van der Waals surface area contributed by atoms with Gasteiger partial charge in [0.15, 0.2) is 0 Å². The van der Waals surface area contributed by atoms with E-state index in [2.05, 4.69) is 134 Å². The van der Waals surface area contributed by atoms with Crippen LogP contribution in [0.25, 0.3) is 22.8 Å². The Balaban J connectivity index is -0.000000302. The number of aromatic nitrogens is 4. The van der Waals surface area contributed by atoms with Crippen molar-refractivity contribution < 1.29 is 44.4 Å². The molecule has 4 rings (SSSR count). The van der Waals surface area contributed by atoms with Crippen LogP contribution in [0.3, 0.4) is 0 Å². The molecule has 286 valence electrons. The number of nitrogens with two attached hydrogens (primary N) is 2. The minimum Gasteiger partial charge on any atom is -0.329 e. The van der Waals surface area contributed by atoms with Crippen molar-refractivity contribution in [2.24, 2.45) is 10.9 Å². The van der Waals surface area contributed by atoms with Crippen LogP contribution in [0.15, 0.2) is 57.6 Å². The number of rotatable bonds is 4.